The first-order valence-corrected chi connectivity index (χ1v) is 3.62. The Hall–Kier alpha value is -0.790. The lowest BCUT2D eigenvalue weighted by Gasteiger charge is -2.11. The van der Waals surface area contributed by atoms with E-state index in [4.69, 9.17) is 0 Å². The molecule has 2 nitrogen and oxygen atoms in total. The quantitative estimate of drug-likeness (QED) is 0.497. The maximum Gasteiger partial charge on any atom is 0.157 e. The van der Waals surface area contributed by atoms with Crippen LogP contribution in [0.1, 0.15) is 32.6 Å². The lowest BCUT2D eigenvalue weighted by atomic mass is 10.1. The third-order valence-corrected chi connectivity index (χ3v) is 1.89. The van der Waals surface area contributed by atoms with Crippen LogP contribution in [-0.4, -0.2) is 5.78 Å². The van der Waals surface area contributed by atoms with Crippen molar-refractivity contribution in [2.75, 3.05) is 0 Å². The molecule has 1 aliphatic rings. The van der Waals surface area contributed by atoms with E-state index in [1.807, 2.05) is 0 Å². The predicted molar refractivity (Wildman–Crippen MR) is 36.2 cm³/mol. The van der Waals surface area contributed by atoms with Crippen LogP contribution in [0.2, 0.25) is 0 Å². The summed E-state index contributed by atoms with van der Waals surface area (Å²) in [7, 11) is 0. The van der Waals surface area contributed by atoms with Crippen molar-refractivity contribution in [2.24, 2.45) is 0 Å². The first-order valence-electron chi connectivity index (χ1n) is 3.62. The summed E-state index contributed by atoms with van der Waals surface area (Å²) in [6.07, 6.45) is 2.89. The second kappa shape index (κ2) is 2.86. The van der Waals surface area contributed by atoms with Gasteiger partial charge in [-0.1, -0.05) is 0 Å². The van der Waals surface area contributed by atoms with E-state index >= 15 is 0 Å². The summed E-state index contributed by atoms with van der Waals surface area (Å²) in [6, 6.07) is 0. The summed E-state index contributed by atoms with van der Waals surface area (Å²) in [5, 5.41) is 11.0. The zero-order valence-electron chi connectivity index (χ0n) is 6.14. The fraction of sp³-hybridized carbons (Fsp3) is 0.625. The topological polar surface area (TPSA) is 40.1 Å². The van der Waals surface area contributed by atoms with Gasteiger partial charge in [-0.15, -0.1) is 5.76 Å². The van der Waals surface area contributed by atoms with Gasteiger partial charge in [0.15, 0.2) is 5.78 Å². The molecule has 1 rings (SSSR count). The zero-order valence-corrected chi connectivity index (χ0v) is 6.14. The molecule has 0 amide bonds. The lowest BCUT2D eigenvalue weighted by Crippen LogP contribution is -2.09. The molecule has 0 N–H and O–H groups in total. The van der Waals surface area contributed by atoms with Gasteiger partial charge in [0, 0.05) is 6.42 Å². The van der Waals surface area contributed by atoms with Gasteiger partial charge in [-0.05, 0) is 31.8 Å². The summed E-state index contributed by atoms with van der Waals surface area (Å²) in [5.74, 6) is 0.0880. The highest BCUT2D eigenvalue weighted by Gasteiger charge is 2.08. The molecule has 56 valence electrons. The SMILES string of the molecule is CC1=C([O-])CCCCC1=O. The number of allylic oxidation sites excluding steroid dienone is 2. The van der Waals surface area contributed by atoms with E-state index in [2.05, 4.69) is 0 Å². The number of hydrogen-bond donors (Lipinski definition) is 0. The summed E-state index contributed by atoms with van der Waals surface area (Å²) in [5.41, 5.74) is 0.456. The van der Waals surface area contributed by atoms with E-state index in [-0.39, 0.29) is 11.5 Å². The second-order valence-electron chi connectivity index (χ2n) is 2.68. The van der Waals surface area contributed by atoms with Crippen molar-refractivity contribution in [3.63, 3.8) is 0 Å². The number of hydrogen-bond acceptors (Lipinski definition) is 2. The Morgan fingerprint density at radius 3 is 2.60 bits per heavy atom. The molecular formula is C8H11O2-. The second-order valence-corrected chi connectivity index (χ2v) is 2.68. The Kier molecular flexibility index (Phi) is 2.10. The zero-order chi connectivity index (χ0) is 7.56. The molecule has 0 aliphatic heterocycles. The summed E-state index contributed by atoms with van der Waals surface area (Å²) in [6.45, 7) is 1.63. The van der Waals surface area contributed by atoms with Gasteiger partial charge in [0.05, 0.1) is 0 Å². The minimum Gasteiger partial charge on any atom is -0.875 e. The Balaban J connectivity index is 2.79. The van der Waals surface area contributed by atoms with Crippen molar-refractivity contribution in [1.29, 1.82) is 0 Å². The van der Waals surface area contributed by atoms with Gasteiger partial charge in [0.1, 0.15) is 0 Å². The van der Waals surface area contributed by atoms with Gasteiger partial charge in [-0.2, -0.15) is 0 Å². The first kappa shape index (κ1) is 7.32. The number of rotatable bonds is 0. The van der Waals surface area contributed by atoms with Gasteiger partial charge >= 0.3 is 0 Å². The van der Waals surface area contributed by atoms with Crippen molar-refractivity contribution in [3.8, 4) is 0 Å². The van der Waals surface area contributed by atoms with Gasteiger partial charge < -0.3 is 5.11 Å². The Bertz CT molecular complexity index is 180. The van der Waals surface area contributed by atoms with Crippen molar-refractivity contribution in [1.82, 2.24) is 0 Å². The van der Waals surface area contributed by atoms with Crippen LogP contribution >= 0.6 is 0 Å². The average Bonchev–Trinajstić information content (AvgIpc) is 2.04. The highest BCUT2D eigenvalue weighted by atomic mass is 16.3. The van der Waals surface area contributed by atoms with Crippen LogP contribution in [0.15, 0.2) is 11.3 Å². The number of ketones is 1. The third-order valence-electron chi connectivity index (χ3n) is 1.89. The van der Waals surface area contributed by atoms with Crippen LogP contribution in [0.5, 0.6) is 0 Å². The molecule has 0 aromatic carbocycles. The smallest absolute Gasteiger partial charge is 0.157 e. The Morgan fingerprint density at radius 2 is 1.90 bits per heavy atom. The Labute approximate surface area is 60.6 Å². The standard InChI is InChI=1S/C8H12O2/c1-6-7(9)4-2-3-5-8(6)10/h9H,2-5H2,1H3/p-1. The molecule has 0 bridgehead atoms. The van der Waals surface area contributed by atoms with Gasteiger partial charge in [0.2, 0.25) is 0 Å². The minimum atomic E-state index is 0.0440. The molecule has 0 spiro atoms. The molecule has 2 heteroatoms. The van der Waals surface area contributed by atoms with E-state index in [0.29, 0.717) is 18.4 Å². The van der Waals surface area contributed by atoms with Crippen LogP contribution in [0, 0.1) is 0 Å². The van der Waals surface area contributed by atoms with Crippen LogP contribution in [0.3, 0.4) is 0 Å². The average molecular weight is 139 g/mol. The Morgan fingerprint density at radius 1 is 1.30 bits per heavy atom. The first-order chi connectivity index (χ1) is 4.72. The fourth-order valence-corrected chi connectivity index (χ4v) is 1.10. The highest BCUT2D eigenvalue weighted by Crippen LogP contribution is 2.16. The molecule has 10 heavy (non-hydrogen) atoms. The maximum atomic E-state index is 11.0. The molecular weight excluding hydrogens is 128 g/mol. The van der Waals surface area contributed by atoms with E-state index in [1.165, 1.54) is 0 Å². The van der Waals surface area contributed by atoms with E-state index < -0.39 is 0 Å². The largest absolute Gasteiger partial charge is 0.875 e. The number of carbonyl (C=O) groups excluding carboxylic acids is 1. The third kappa shape index (κ3) is 1.38. The molecule has 0 fully saturated rings. The monoisotopic (exact) mass is 139 g/mol. The van der Waals surface area contributed by atoms with Crippen LogP contribution in [-0.2, 0) is 4.79 Å². The minimum absolute atomic E-state index is 0.0440. The normalized spacial score (nSPS) is 21.1. The van der Waals surface area contributed by atoms with Crippen LogP contribution in [0.25, 0.3) is 0 Å². The van der Waals surface area contributed by atoms with E-state index in [1.54, 1.807) is 6.92 Å². The molecule has 0 unspecified atom stereocenters. The summed E-state index contributed by atoms with van der Waals surface area (Å²) < 4.78 is 0. The van der Waals surface area contributed by atoms with Gasteiger partial charge in [0.25, 0.3) is 0 Å². The maximum absolute atomic E-state index is 11.0. The van der Waals surface area contributed by atoms with E-state index in [9.17, 15) is 9.90 Å². The van der Waals surface area contributed by atoms with Crippen LogP contribution < -0.4 is 5.11 Å². The van der Waals surface area contributed by atoms with E-state index in [0.717, 1.165) is 12.8 Å². The molecule has 1 aliphatic carbocycles. The molecule has 0 atom stereocenters. The fourth-order valence-electron chi connectivity index (χ4n) is 1.10. The van der Waals surface area contributed by atoms with Crippen molar-refractivity contribution >= 4 is 5.78 Å². The van der Waals surface area contributed by atoms with Gasteiger partial charge in [-0.3, -0.25) is 4.79 Å². The molecule has 0 aromatic rings. The lowest BCUT2D eigenvalue weighted by molar-refractivity contribution is -0.308. The van der Waals surface area contributed by atoms with Crippen molar-refractivity contribution < 1.29 is 9.90 Å². The van der Waals surface area contributed by atoms with Crippen LogP contribution in [0.4, 0.5) is 0 Å². The van der Waals surface area contributed by atoms with Crippen molar-refractivity contribution in [3.05, 3.63) is 11.3 Å². The predicted octanol–water partition coefficient (Wildman–Crippen LogP) is 0.764. The molecule has 0 radical (unpaired) electrons. The molecule has 0 saturated heterocycles. The molecule has 0 saturated carbocycles. The number of carbonyl (C=O) groups is 1. The summed E-state index contributed by atoms with van der Waals surface area (Å²) >= 11 is 0. The van der Waals surface area contributed by atoms with Gasteiger partial charge in [-0.25, -0.2) is 0 Å². The number of Topliss-reactive ketones (excluding diaryl/α,β-unsaturated/α-hetero) is 1. The molecule has 0 aromatic heterocycles. The molecule has 0 heterocycles. The highest BCUT2D eigenvalue weighted by molar-refractivity contribution is 5.95. The summed E-state index contributed by atoms with van der Waals surface area (Å²) in [4.78, 5) is 11.0. The van der Waals surface area contributed by atoms with Crippen molar-refractivity contribution in [2.45, 2.75) is 32.6 Å².